The van der Waals surface area contributed by atoms with Gasteiger partial charge in [0.2, 0.25) is 11.8 Å². The van der Waals surface area contributed by atoms with Crippen LogP contribution in [0.1, 0.15) is 11.7 Å². The normalized spacial score (nSPS) is 21.4. The van der Waals surface area contributed by atoms with Crippen LogP contribution in [0.3, 0.4) is 0 Å². The number of nitrogens with one attached hydrogen (secondary N) is 1. The number of carbonyl (C=O) groups excluding carboxylic acids is 2. The molecule has 0 fully saturated rings. The lowest BCUT2D eigenvalue weighted by molar-refractivity contribution is -0.124. The van der Waals surface area contributed by atoms with Gasteiger partial charge in [-0.3, -0.25) is 9.59 Å². The number of anilines is 1. The Hall–Kier alpha value is -2.51. The zero-order chi connectivity index (χ0) is 18.1. The molecule has 2 aliphatic rings. The highest BCUT2D eigenvalue weighted by molar-refractivity contribution is 8.00. The lowest BCUT2D eigenvalue weighted by Gasteiger charge is -2.32. The summed E-state index contributed by atoms with van der Waals surface area (Å²) >= 11 is 1.47. The van der Waals surface area contributed by atoms with Crippen molar-refractivity contribution in [2.45, 2.75) is 17.0 Å². The molecule has 0 aliphatic carbocycles. The van der Waals surface area contributed by atoms with Gasteiger partial charge in [-0.1, -0.05) is 30.3 Å². The molecule has 2 heterocycles. The van der Waals surface area contributed by atoms with E-state index in [2.05, 4.69) is 5.32 Å². The number of carbonyl (C=O) groups is 2. The van der Waals surface area contributed by atoms with Crippen molar-refractivity contribution in [2.75, 3.05) is 23.8 Å². The van der Waals surface area contributed by atoms with Gasteiger partial charge in [0.25, 0.3) is 0 Å². The van der Waals surface area contributed by atoms with E-state index in [1.165, 1.54) is 16.7 Å². The zero-order valence-corrected chi connectivity index (χ0v) is 14.7. The summed E-state index contributed by atoms with van der Waals surface area (Å²) in [5.41, 5.74) is 1.40. The minimum absolute atomic E-state index is 0.0821. The van der Waals surface area contributed by atoms with Crippen molar-refractivity contribution in [1.82, 2.24) is 5.32 Å². The van der Waals surface area contributed by atoms with Crippen molar-refractivity contribution in [1.29, 1.82) is 0 Å². The molecule has 4 rings (SSSR count). The van der Waals surface area contributed by atoms with Crippen LogP contribution in [-0.4, -0.2) is 41.9 Å². The van der Waals surface area contributed by atoms with Crippen LogP contribution in [0.2, 0.25) is 0 Å². The van der Waals surface area contributed by atoms with E-state index in [-0.39, 0.29) is 25.0 Å². The summed E-state index contributed by atoms with van der Waals surface area (Å²) in [5.74, 6) is 0.511. The molecule has 0 spiro atoms. The molecule has 2 amide bonds. The molecule has 7 heteroatoms. The first-order chi connectivity index (χ1) is 12.6. The smallest absolute Gasteiger partial charge is 0.240 e. The fourth-order valence-electron chi connectivity index (χ4n) is 3.19. The van der Waals surface area contributed by atoms with Gasteiger partial charge < -0.3 is 20.1 Å². The second-order valence-corrected chi connectivity index (χ2v) is 7.22. The molecule has 0 aromatic heterocycles. The predicted molar refractivity (Wildman–Crippen MR) is 98.3 cm³/mol. The van der Waals surface area contributed by atoms with Gasteiger partial charge in [0.05, 0.1) is 17.5 Å². The topological polar surface area (TPSA) is 78.9 Å². The number of thioether (sulfide) groups is 1. The molecule has 0 radical (unpaired) electrons. The van der Waals surface area contributed by atoms with E-state index in [1.807, 2.05) is 36.4 Å². The van der Waals surface area contributed by atoms with Gasteiger partial charge in [0.15, 0.2) is 0 Å². The number of aliphatic hydroxyl groups excluding tert-OH is 1. The number of aliphatic hydroxyl groups is 1. The average Bonchev–Trinajstić information content (AvgIpc) is 2.66. The first-order valence-corrected chi connectivity index (χ1v) is 9.33. The molecule has 2 aromatic carbocycles. The first kappa shape index (κ1) is 16.9. The molecule has 2 aromatic rings. The summed E-state index contributed by atoms with van der Waals surface area (Å²) in [6, 6.07) is 14.2. The molecule has 0 saturated carbocycles. The molecule has 2 aliphatic heterocycles. The van der Waals surface area contributed by atoms with Gasteiger partial charge in [-0.25, -0.2) is 0 Å². The third-order valence-electron chi connectivity index (χ3n) is 4.49. The highest BCUT2D eigenvalue weighted by atomic mass is 32.2. The lowest BCUT2D eigenvalue weighted by Crippen LogP contribution is -2.50. The summed E-state index contributed by atoms with van der Waals surface area (Å²) < 4.78 is 5.62. The van der Waals surface area contributed by atoms with Crippen LogP contribution >= 0.6 is 11.8 Å². The van der Waals surface area contributed by atoms with E-state index in [9.17, 15) is 14.7 Å². The van der Waals surface area contributed by atoms with Gasteiger partial charge in [0.1, 0.15) is 25.0 Å². The number of ether oxygens (including phenoxy) is 1. The van der Waals surface area contributed by atoms with Crippen molar-refractivity contribution in [2.24, 2.45) is 0 Å². The van der Waals surface area contributed by atoms with Crippen molar-refractivity contribution in [3.63, 3.8) is 0 Å². The van der Waals surface area contributed by atoms with Crippen LogP contribution in [0.25, 0.3) is 0 Å². The van der Waals surface area contributed by atoms with E-state index in [4.69, 9.17) is 4.74 Å². The summed E-state index contributed by atoms with van der Waals surface area (Å²) in [4.78, 5) is 27.3. The van der Waals surface area contributed by atoms with Crippen LogP contribution in [0.15, 0.2) is 53.4 Å². The second kappa shape index (κ2) is 7.01. The Bertz CT molecular complexity index is 857. The SMILES string of the molecule is O=C(CN1C(=O)CSc2ccccc21)N[C@H]1COc2ccccc2[C@@H]1O. The number of rotatable bonds is 3. The number of hydrogen-bond donors (Lipinski definition) is 2. The van der Waals surface area contributed by atoms with Crippen LogP contribution in [0, 0.1) is 0 Å². The number of amides is 2. The third-order valence-corrected chi connectivity index (χ3v) is 5.54. The number of benzene rings is 2. The third kappa shape index (κ3) is 3.15. The van der Waals surface area contributed by atoms with E-state index >= 15 is 0 Å². The monoisotopic (exact) mass is 370 g/mol. The largest absolute Gasteiger partial charge is 0.491 e. The molecular weight excluding hydrogens is 352 g/mol. The predicted octanol–water partition coefficient (Wildman–Crippen LogP) is 1.74. The maximum atomic E-state index is 12.5. The molecule has 6 nitrogen and oxygen atoms in total. The zero-order valence-electron chi connectivity index (χ0n) is 13.9. The maximum Gasteiger partial charge on any atom is 0.240 e. The molecular formula is C19H18N2O4S. The van der Waals surface area contributed by atoms with E-state index < -0.39 is 12.1 Å². The number of fused-ring (bicyclic) bond motifs is 2. The fraction of sp³-hybridized carbons (Fsp3) is 0.263. The molecule has 2 atom stereocenters. The van der Waals surface area contributed by atoms with Crippen molar-refractivity contribution >= 4 is 29.3 Å². The van der Waals surface area contributed by atoms with Crippen molar-refractivity contribution in [3.05, 3.63) is 54.1 Å². The molecule has 2 N–H and O–H groups in total. The highest BCUT2D eigenvalue weighted by Crippen LogP contribution is 2.35. The Labute approximate surface area is 155 Å². The Morgan fingerprint density at radius 1 is 1.23 bits per heavy atom. The van der Waals surface area contributed by atoms with Crippen LogP contribution in [0.4, 0.5) is 5.69 Å². The van der Waals surface area contributed by atoms with Gasteiger partial charge in [-0.05, 0) is 18.2 Å². The minimum Gasteiger partial charge on any atom is -0.491 e. The lowest BCUT2D eigenvalue weighted by atomic mass is 9.99. The summed E-state index contributed by atoms with van der Waals surface area (Å²) in [7, 11) is 0. The Morgan fingerprint density at radius 2 is 2.00 bits per heavy atom. The Kier molecular flexibility index (Phi) is 4.57. The van der Waals surface area contributed by atoms with Gasteiger partial charge >= 0.3 is 0 Å². The Morgan fingerprint density at radius 3 is 2.88 bits per heavy atom. The standard InChI is InChI=1S/C19H18N2O4S/c22-17(9-21-14-6-2-4-8-16(14)26-11-18(21)23)20-13-10-25-15-7-3-1-5-12(15)19(13)24/h1-8,13,19,24H,9-11H2,(H,20,22)/t13-,19-/m0/s1. The quantitative estimate of drug-likeness (QED) is 0.860. The number of hydrogen-bond acceptors (Lipinski definition) is 5. The molecule has 134 valence electrons. The maximum absolute atomic E-state index is 12.5. The summed E-state index contributed by atoms with van der Waals surface area (Å²) in [6.45, 7) is 0.103. The highest BCUT2D eigenvalue weighted by Gasteiger charge is 2.32. The first-order valence-electron chi connectivity index (χ1n) is 8.35. The Balaban J connectivity index is 1.46. The van der Waals surface area contributed by atoms with Gasteiger partial charge in [-0.2, -0.15) is 0 Å². The summed E-state index contributed by atoms with van der Waals surface area (Å²) in [6.07, 6.45) is -0.844. The fourth-order valence-corrected chi connectivity index (χ4v) is 4.12. The van der Waals surface area contributed by atoms with E-state index in [1.54, 1.807) is 12.1 Å². The molecule has 0 unspecified atom stereocenters. The average molecular weight is 370 g/mol. The number of nitrogens with zero attached hydrogens (tertiary/aromatic N) is 1. The minimum atomic E-state index is -0.844. The van der Waals surface area contributed by atoms with Crippen LogP contribution in [-0.2, 0) is 9.59 Å². The molecule has 0 saturated heterocycles. The van der Waals surface area contributed by atoms with Crippen molar-refractivity contribution < 1.29 is 19.4 Å². The van der Waals surface area contributed by atoms with Crippen LogP contribution in [0.5, 0.6) is 5.75 Å². The second-order valence-electron chi connectivity index (χ2n) is 6.20. The van der Waals surface area contributed by atoms with Gasteiger partial charge in [0, 0.05) is 10.5 Å². The number of para-hydroxylation sites is 2. The van der Waals surface area contributed by atoms with E-state index in [0.717, 1.165) is 10.6 Å². The van der Waals surface area contributed by atoms with Crippen molar-refractivity contribution in [3.8, 4) is 5.75 Å². The van der Waals surface area contributed by atoms with Gasteiger partial charge in [-0.15, -0.1) is 11.8 Å². The van der Waals surface area contributed by atoms with E-state index in [0.29, 0.717) is 17.1 Å². The molecule has 0 bridgehead atoms. The van der Waals surface area contributed by atoms with Crippen LogP contribution < -0.4 is 15.0 Å². The summed E-state index contributed by atoms with van der Waals surface area (Å²) in [5, 5.41) is 13.3. The molecule has 26 heavy (non-hydrogen) atoms.